The van der Waals surface area contributed by atoms with E-state index in [2.05, 4.69) is 4.98 Å². The number of rotatable bonds is 7. The molecule has 1 N–H and O–H groups in total. The number of thioether (sulfide) groups is 1. The zero-order chi connectivity index (χ0) is 22.7. The van der Waals surface area contributed by atoms with E-state index in [0.717, 1.165) is 40.6 Å². The summed E-state index contributed by atoms with van der Waals surface area (Å²) in [5.41, 5.74) is 3.98. The van der Waals surface area contributed by atoms with Crippen LogP contribution in [0.3, 0.4) is 0 Å². The van der Waals surface area contributed by atoms with Gasteiger partial charge < -0.3 is 14.3 Å². The minimum absolute atomic E-state index is 0.265. The molecular weight excluding hydrogens is 424 g/mol. The molecule has 7 heteroatoms. The van der Waals surface area contributed by atoms with Gasteiger partial charge in [-0.1, -0.05) is 29.8 Å². The summed E-state index contributed by atoms with van der Waals surface area (Å²) in [7, 11) is 0. The third-order valence-corrected chi connectivity index (χ3v) is 6.69. The Balaban J connectivity index is 1.41. The van der Waals surface area contributed by atoms with Gasteiger partial charge in [-0.05, 0) is 50.6 Å². The van der Waals surface area contributed by atoms with E-state index in [1.807, 2.05) is 74.2 Å². The molecule has 0 aliphatic carbocycles. The quantitative estimate of drug-likeness (QED) is 0.534. The number of aryl methyl sites for hydroxylation is 2. The molecule has 0 saturated carbocycles. The first kappa shape index (κ1) is 22.4. The Morgan fingerprint density at radius 3 is 2.62 bits per heavy atom. The molecule has 1 saturated heterocycles. The van der Waals surface area contributed by atoms with E-state index in [1.165, 1.54) is 5.56 Å². The molecule has 4 rings (SSSR count). The Kier molecular flexibility index (Phi) is 6.86. The van der Waals surface area contributed by atoms with Gasteiger partial charge in [0.05, 0.1) is 0 Å². The molecular formula is C25H28N2O4S. The summed E-state index contributed by atoms with van der Waals surface area (Å²) < 4.78 is 12.0. The molecule has 6 nitrogen and oxygen atoms in total. The molecule has 2 aromatic carbocycles. The molecule has 168 valence electrons. The lowest BCUT2D eigenvalue weighted by Crippen LogP contribution is -2.46. The predicted octanol–water partition coefficient (Wildman–Crippen LogP) is 5.10. The van der Waals surface area contributed by atoms with Crippen molar-refractivity contribution in [1.82, 2.24) is 9.88 Å². The molecule has 1 aliphatic rings. The number of oxazole rings is 1. The highest BCUT2D eigenvalue weighted by Crippen LogP contribution is 2.29. The number of aromatic nitrogens is 1. The van der Waals surface area contributed by atoms with E-state index < -0.39 is 12.0 Å². The van der Waals surface area contributed by atoms with Crippen LogP contribution in [0, 0.1) is 13.8 Å². The fourth-order valence-corrected chi connectivity index (χ4v) is 4.93. The summed E-state index contributed by atoms with van der Waals surface area (Å²) in [6.45, 7) is 7.31. The molecule has 1 aromatic heterocycles. The van der Waals surface area contributed by atoms with Crippen LogP contribution in [0.25, 0.3) is 11.5 Å². The van der Waals surface area contributed by atoms with Crippen molar-refractivity contribution in [2.45, 2.75) is 39.5 Å². The standard InChI is InChI=1S/C25H28N2O4S/c1-16-4-8-20(9-5-16)24-26-23(18(3)31-24)17(2)30-21-10-6-19(7-11-21)14-27-12-13-32-15-22(27)25(28)29/h4-11,17,22H,12-15H2,1-3H3,(H,28,29). The Hall–Kier alpha value is -2.77. The fourth-order valence-electron chi connectivity index (χ4n) is 3.83. The second kappa shape index (κ2) is 9.79. The second-order valence-electron chi connectivity index (χ2n) is 8.13. The number of carboxylic acid groups (broad SMARTS) is 1. The van der Waals surface area contributed by atoms with Gasteiger partial charge in [-0.2, -0.15) is 11.8 Å². The third-order valence-electron chi connectivity index (χ3n) is 5.66. The first-order valence-corrected chi connectivity index (χ1v) is 11.9. The van der Waals surface area contributed by atoms with Crippen molar-refractivity contribution in [3.05, 3.63) is 71.1 Å². The molecule has 2 heterocycles. The summed E-state index contributed by atoms with van der Waals surface area (Å²) in [6, 6.07) is 15.5. The zero-order valence-corrected chi connectivity index (χ0v) is 19.4. The molecule has 0 amide bonds. The van der Waals surface area contributed by atoms with Crippen LogP contribution in [-0.2, 0) is 11.3 Å². The first-order chi connectivity index (χ1) is 15.4. The van der Waals surface area contributed by atoms with Gasteiger partial charge in [-0.3, -0.25) is 9.69 Å². The van der Waals surface area contributed by atoms with E-state index in [-0.39, 0.29) is 6.10 Å². The van der Waals surface area contributed by atoms with Crippen LogP contribution in [-0.4, -0.2) is 45.1 Å². The summed E-state index contributed by atoms with van der Waals surface area (Å²) >= 11 is 1.70. The van der Waals surface area contributed by atoms with Crippen LogP contribution < -0.4 is 4.74 Å². The Morgan fingerprint density at radius 1 is 1.22 bits per heavy atom. The molecule has 0 bridgehead atoms. The molecule has 2 atom stereocenters. The highest BCUT2D eigenvalue weighted by molar-refractivity contribution is 7.99. The smallest absolute Gasteiger partial charge is 0.321 e. The van der Waals surface area contributed by atoms with Crippen LogP contribution >= 0.6 is 11.8 Å². The van der Waals surface area contributed by atoms with Gasteiger partial charge in [0.25, 0.3) is 0 Å². The molecule has 2 unspecified atom stereocenters. The van der Waals surface area contributed by atoms with E-state index in [9.17, 15) is 9.90 Å². The lowest BCUT2D eigenvalue weighted by atomic mass is 10.1. The summed E-state index contributed by atoms with van der Waals surface area (Å²) in [5, 5.41) is 9.46. The van der Waals surface area contributed by atoms with Crippen molar-refractivity contribution >= 4 is 17.7 Å². The van der Waals surface area contributed by atoms with Crippen molar-refractivity contribution in [3.63, 3.8) is 0 Å². The number of aliphatic carboxylic acids is 1. The number of carboxylic acids is 1. The van der Waals surface area contributed by atoms with E-state index in [4.69, 9.17) is 9.15 Å². The topological polar surface area (TPSA) is 75.8 Å². The van der Waals surface area contributed by atoms with Crippen molar-refractivity contribution in [2.24, 2.45) is 0 Å². The lowest BCUT2D eigenvalue weighted by molar-refractivity contribution is -0.142. The largest absolute Gasteiger partial charge is 0.484 e. The molecule has 0 radical (unpaired) electrons. The highest BCUT2D eigenvalue weighted by Gasteiger charge is 2.28. The summed E-state index contributed by atoms with van der Waals surface area (Å²) in [5.74, 6) is 2.92. The molecule has 1 fully saturated rings. The average molecular weight is 453 g/mol. The van der Waals surface area contributed by atoms with E-state index in [1.54, 1.807) is 11.8 Å². The lowest BCUT2D eigenvalue weighted by Gasteiger charge is -2.32. The van der Waals surface area contributed by atoms with Gasteiger partial charge >= 0.3 is 5.97 Å². The average Bonchev–Trinajstić information content (AvgIpc) is 3.17. The third kappa shape index (κ3) is 5.16. The monoisotopic (exact) mass is 452 g/mol. The Labute approximate surface area is 192 Å². The van der Waals surface area contributed by atoms with Crippen LogP contribution in [0.5, 0.6) is 5.75 Å². The van der Waals surface area contributed by atoms with E-state index >= 15 is 0 Å². The molecule has 3 aromatic rings. The predicted molar refractivity (Wildman–Crippen MR) is 126 cm³/mol. The van der Waals surface area contributed by atoms with Gasteiger partial charge in [-0.15, -0.1) is 0 Å². The first-order valence-electron chi connectivity index (χ1n) is 10.8. The number of hydrogen-bond acceptors (Lipinski definition) is 6. The number of nitrogens with zero attached hydrogens (tertiary/aromatic N) is 2. The van der Waals surface area contributed by atoms with Crippen LogP contribution in [0.2, 0.25) is 0 Å². The number of ether oxygens (including phenoxy) is 1. The maximum Gasteiger partial charge on any atom is 0.321 e. The van der Waals surface area contributed by atoms with E-state index in [0.29, 0.717) is 18.2 Å². The summed E-state index contributed by atoms with van der Waals surface area (Å²) in [4.78, 5) is 18.2. The van der Waals surface area contributed by atoms with Gasteiger partial charge in [-0.25, -0.2) is 4.98 Å². The minimum atomic E-state index is -0.751. The Bertz CT molecular complexity index is 1060. The normalized spacial score (nSPS) is 17.8. The van der Waals surface area contributed by atoms with Gasteiger partial charge in [0.1, 0.15) is 29.3 Å². The second-order valence-corrected chi connectivity index (χ2v) is 9.28. The number of hydrogen-bond donors (Lipinski definition) is 1. The van der Waals surface area contributed by atoms with Crippen LogP contribution in [0.4, 0.5) is 0 Å². The maximum absolute atomic E-state index is 11.5. The molecule has 32 heavy (non-hydrogen) atoms. The highest BCUT2D eigenvalue weighted by atomic mass is 32.2. The van der Waals surface area contributed by atoms with Gasteiger partial charge in [0.2, 0.25) is 5.89 Å². The van der Waals surface area contributed by atoms with Crippen molar-refractivity contribution < 1.29 is 19.1 Å². The number of carbonyl (C=O) groups is 1. The van der Waals surface area contributed by atoms with Crippen molar-refractivity contribution in [3.8, 4) is 17.2 Å². The van der Waals surface area contributed by atoms with Crippen LogP contribution in [0.15, 0.2) is 52.9 Å². The SMILES string of the molecule is Cc1ccc(-c2nc(C(C)Oc3ccc(CN4CCSCC4C(=O)O)cc3)c(C)o2)cc1. The van der Waals surface area contributed by atoms with Gasteiger partial charge in [0, 0.05) is 30.2 Å². The Morgan fingerprint density at radius 2 is 1.94 bits per heavy atom. The van der Waals surface area contributed by atoms with Crippen LogP contribution in [0.1, 0.15) is 35.6 Å². The summed E-state index contributed by atoms with van der Waals surface area (Å²) in [6.07, 6.45) is -0.265. The van der Waals surface area contributed by atoms with Gasteiger partial charge in [0.15, 0.2) is 0 Å². The molecule has 1 aliphatic heterocycles. The van der Waals surface area contributed by atoms with Crippen molar-refractivity contribution in [2.75, 3.05) is 18.1 Å². The fraction of sp³-hybridized carbons (Fsp3) is 0.360. The molecule has 0 spiro atoms. The number of benzene rings is 2. The van der Waals surface area contributed by atoms with Crippen molar-refractivity contribution in [1.29, 1.82) is 0 Å². The minimum Gasteiger partial charge on any atom is -0.484 e. The maximum atomic E-state index is 11.5. The zero-order valence-electron chi connectivity index (χ0n) is 18.6.